The highest BCUT2D eigenvalue weighted by atomic mass is 16.6. The lowest BCUT2D eigenvalue weighted by atomic mass is 9.46. The van der Waals surface area contributed by atoms with Gasteiger partial charge in [0.2, 0.25) is 0 Å². The van der Waals surface area contributed by atoms with Crippen LogP contribution >= 0.6 is 0 Å². The van der Waals surface area contributed by atoms with Gasteiger partial charge in [0.15, 0.2) is 17.2 Å². The number of hydrogen-bond acceptors (Lipinski definition) is 4. The zero-order valence-corrected chi connectivity index (χ0v) is 17.6. The van der Waals surface area contributed by atoms with Crippen molar-refractivity contribution in [1.29, 1.82) is 0 Å². The van der Waals surface area contributed by atoms with Crippen LogP contribution in [0.4, 0.5) is 0 Å². The van der Waals surface area contributed by atoms with Crippen LogP contribution in [-0.2, 0) is 19.1 Å². The molecule has 0 bridgehead atoms. The minimum atomic E-state index is -1.19. The minimum absolute atomic E-state index is 0.0857. The second kappa shape index (κ2) is 6.14. The number of carbonyl (C=O) groups excluding carboxylic acids is 3. The van der Waals surface area contributed by atoms with Crippen molar-refractivity contribution in [3.63, 3.8) is 0 Å². The van der Waals surface area contributed by atoms with Gasteiger partial charge >= 0.3 is 5.97 Å². The van der Waals surface area contributed by atoms with E-state index in [-0.39, 0.29) is 22.9 Å². The molecular weight excluding hydrogens is 352 g/mol. The summed E-state index contributed by atoms with van der Waals surface area (Å²) < 4.78 is 5.83. The van der Waals surface area contributed by atoms with Gasteiger partial charge in [-0.05, 0) is 80.3 Å². The van der Waals surface area contributed by atoms with Crippen molar-refractivity contribution in [2.75, 3.05) is 0 Å². The lowest BCUT2D eigenvalue weighted by molar-refractivity contribution is -0.181. The van der Waals surface area contributed by atoms with Crippen LogP contribution in [0.3, 0.4) is 0 Å². The lowest BCUT2D eigenvalue weighted by Gasteiger charge is -2.58. The van der Waals surface area contributed by atoms with Gasteiger partial charge in [-0.3, -0.25) is 14.4 Å². The van der Waals surface area contributed by atoms with Crippen molar-refractivity contribution in [3.05, 3.63) is 23.8 Å². The average molecular weight is 385 g/mol. The zero-order valence-electron chi connectivity index (χ0n) is 17.6. The maximum absolute atomic E-state index is 12.9. The molecule has 4 heteroatoms. The third-order valence-electron chi connectivity index (χ3n) is 8.91. The molecule has 3 saturated carbocycles. The summed E-state index contributed by atoms with van der Waals surface area (Å²) in [5.74, 6) is 1.05. The van der Waals surface area contributed by atoms with Gasteiger partial charge in [-0.2, -0.15) is 0 Å². The molecule has 0 aromatic carbocycles. The third kappa shape index (κ3) is 2.32. The molecule has 0 aliphatic heterocycles. The molecule has 152 valence electrons. The van der Waals surface area contributed by atoms with Crippen molar-refractivity contribution in [3.8, 4) is 0 Å². The fraction of sp³-hybridized carbons (Fsp3) is 0.708. The molecule has 0 radical (unpaired) electrons. The van der Waals surface area contributed by atoms with Crippen LogP contribution < -0.4 is 0 Å². The quantitative estimate of drug-likeness (QED) is 0.517. The summed E-state index contributed by atoms with van der Waals surface area (Å²) in [6, 6.07) is 0. The number of ketones is 2. The first-order chi connectivity index (χ1) is 13.1. The van der Waals surface area contributed by atoms with E-state index in [9.17, 15) is 14.4 Å². The molecule has 0 N–H and O–H groups in total. The average Bonchev–Trinajstić information content (AvgIpc) is 2.83. The molecule has 0 saturated heterocycles. The first-order valence-corrected chi connectivity index (χ1v) is 10.7. The molecule has 0 aromatic rings. The Morgan fingerprint density at radius 1 is 1.11 bits per heavy atom. The van der Waals surface area contributed by atoms with Gasteiger partial charge in [-0.25, -0.2) is 0 Å². The van der Waals surface area contributed by atoms with E-state index >= 15 is 0 Å². The molecule has 4 rings (SSSR count). The number of rotatable bonds is 2. The number of esters is 1. The van der Waals surface area contributed by atoms with E-state index in [0.717, 1.165) is 44.1 Å². The van der Waals surface area contributed by atoms with Gasteiger partial charge in [0, 0.05) is 18.8 Å². The Labute approximate surface area is 167 Å². The Morgan fingerprint density at radius 2 is 1.82 bits per heavy atom. The number of Topliss-reactive ketones (excluding diaryl/α,β-unsaturated/α-hetero) is 1. The van der Waals surface area contributed by atoms with E-state index in [1.807, 2.05) is 6.08 Å². The Hall–Kier alpha value is -1.71. The summed E-state index contributed by atoms with van der Waals surface area (Å²) >= 11 is 0. The van der Waals surface area contributed by atoms with E-state index < -0.39 is 17.0 Å². The summed E-state index contributed by atoms with van der Waals surface area (Å²) in [7, 11) is 0. The Morgan fingerprint density at radius 3 is 2.46 bits per heavy atom. The van der Waals surface area contributed by atoms with Gasteiger partial charge in [-0.15, -0.1) is 0 Å². The molecule has 0 heterocycles. The summed E-state index contributed by atoms with van der Waals surface area (Å²) in [4.78, 5) is 36.8. The van der Waals surface area contributed by atoms with E-state index in [1.165, 1.54) is 12.5 Å². The highest BCUT2D eigenvalue weighted by Gasteiger charge is 2.69. The van der Waals surface area contributed by atoms with Gasteiger partial charge in [0.05, 0.1) is 0 Å². The van der Waals surface area contributed by atoms with E-state index in [4.69, 9.17) is 4.74 Å². The van der Waals surface area contributed by atoms with Crippen LogP contribution in [0.15, 0.2) is 23.8 Å². The maximum atomic E-state index is 12.9. The number of carbonyl (C=O) groups is 3. The highest BCUT2D eigenvalue weighted by Crippen LogP contribution is 2.69. The van der Waals surface area contributed by atoms with Gasteiger partial charge in [-0.1, -0.05) is 26.0 Å². The predicted octanol–water partition coefficient (Wildman–Crippen LogP) is 4.58. The fourth-order valence-corrected chi connectivity index (χ4v) is 7.63. The molecule has 0 spiro atoms. The summed E-state index contributed by atoms with van der Waals surface area (Å²) in [6.07, 6.45) is 8.10. The zero-order chi connectivity index (χ0) is 20.5. The molecule has 0 amide bonds. The maximum Gasteiger partial charge on any atom is 0.303 e. The van der Waals surface area contributed by atoms with Crippen LogP contribution in [0.5, 0.6) is 0 Å². The smallest absolute Gasteiger partial charge is 0.303 e. The number of fused-ring (bicyclic) bond motifs is 5. The number of hydrogen-bond donors (Lipinski definition) is 0. The summed E-state index contributed by atoms with van der Waals surface area (Å²) in [5.41, 5.74) is 0.609. The Balaban J connectivity index is 1.75. The van der Waals surface area contributed by atoms with Crippen molar-refractivity contribution < 1.29 is 19.1 Å². The van der Waals surface area contributed by atoms with Crippen LogP contribution in [0.1, 0.15) is 72.6 Å². The number of allylic oxidation sites excluding steroid dienone is 1. The fourth-order valence-electron chi connectivity index (χ4n) is 7.63. The molecule has 28 heavy (non-hydrogen) atoms. The number of ether oxygens (including phenoxy) is 1. The molecular formula is C24H32O4. The summed E-state index contributed by atoms with van der Waals surface area (Å²) in [5, 5.41) is 0. The van der Waals surface area contributed by atoms with Crippen molar-refractivity contribution in [2.45, 2.75) is 78.2 Å². The standard InChI is InChI=1S/C24H32O4/c1-14-12-21-19-7-6-17-13-18(27)8-10-22(17,4)20(19)9-11-23(21,5)24(14,15(2)25)28-16(3)26/h13,19-21H,1,6-12H2,2-5H3/t19-,20+,21-,22-,23-,24-/m0/s1. The third-order valence-corrected chi connectivity index (χ3v) is 8.91. The normalized spacial score (nSPS) is 44.9. The molecule has 6 atom stereocenters. The molecule has 3 fully saturated rings. The Bertz CT molecular complexity index is 807. The second-order valence-corrected chi connectivity index (χ2v) is 10.1. The second-order valence-electron chi connectivity index (χ2n) is 10.1. The van der Waals surface area contributed by atoms with Gasteiger partial charge < -0.3 is 4.74 Å². The van der Waals surface area contributed by atoms with Crippen molar-refractivity contribution >= 4 is 17.5 Å². The molecule has 4 aliphatic carbocycles. The SMILES string of the molecule is C=C1C[C@H]2[C@H]3CCC4=CC(=O)CC[C@]4(C)[C@@H]3CC[C@]2(C)[C@@]1(OC(C)=O)C(C)=O. The van der Waals surface area contributed by atoms with Crippen LogP contribution in [0.2, 0.25) is 0 Å². The topological polar surface area (TPSA) is 60.4 Å². The first-order valence-electron chi connectivity index (χ1n) is 10.7. The monoisotopic (exact) mass is 384 g/mol. The van der Waals surface area contributed by atoms with Gasteiger partial charge in [0.25, 0.3) is 0 Å². The summed E-state index contributed by atoms with van der Waals surface area (Å²) in [6.45, 7) is 11.7. The van der Waals surface area contributed by atoms with E-state index in [0.29, 0.717) is 18.3 Å². The molecule has 4 nitrogen and oxygen atoms in total. The van der Waals surface area contributed by atoms with Crippen molar-refractivity contribution in [1.82, 2.24) is 0 Å². The van der Waals surface area contributed by atoms with Crippen LogP contribution in [0.25, 0.3) is 0 Å². The Kier molecular flexibility index (Phi) is 4.30. The lowest BCUT2D eigenvalue weighted by Crippen LogP contribution is -2.59. The molecule has 4 aliphatic rings. The molecule has 0 aromatic heterocycles. The van der Waals surface area contributed by atoms with Crippen molar-refractivity contribution in [2.24, 2.45) is 28.6 Å². The molecule has 0 unspecified atom stereocenters. The van der Waals surface area contributed by atoms with E-state index in [1.54, 1.807) is 6.92 Å². The highest BCUT2D eigenvalue weighted by molar-refractivity contribution is 5.93. The van der Waals surface area contributed by atoms with Gasteiger partial charge in [0.1, 0.15) is 0 Å². The minimum Gasteiger partial charge on any atom is -0.446 e. The van der Waals surface area contributed by atoms with Crippen LogP contribution in [-0.4, -0.2) is 23.1 Å². The first kappa shape index (κ1) is 19.6. The van der Waals surface area contributed by atoms with Crippen LogP contribution in [0, 0.1) is 28.6 Å². The predicted molar refractivity (Wildman–Crippen MR) is 106 cm³/mol. The van der Waals surface area contributed by atoms with E-state index in [2.05, 4.69) is 20.4 Å². The largest absolute Gasteiger partial charge is 0.446 e.